The first kappa shape index (κ1) is 16.5. The van der Waals surface area contributed by atoms with Gasteiger partial charge in [-0.2, -0.15) is 0 Å². The van der Waals surface area contributed by atoms with Crippen molar-refractivity contribution < 1.29 is 8.78 Å². The van der Waals surface area contributed by atoms with Crippen molar-refractivity contribution >= 4 is 27.7 Å². The highest BCUT2D eigenvalue weighted by Gasteiger charge is 2.08. The van der Waals surface area contributed by atoms with Gasteiger partial charge in [-0.3, -0.25) is 0 Å². The van der Waals surface area contributed by atoms with E-state index in [2.05, 4.69) is 22.9 Å². The number of hydrogen-bond donors (Lipinski definition) is 1. The fourth-order valence-electron chi connectivity index (χ4n) is 1.87. The molecule has 0 saturated carbocycles. The van der Waals surface area contributed by atoms with Crippen LogP contribution in [0, 0.1) is 11.6 Å². The third-order valence-corrected chi connectivity index (χ3v) is 5.12. The molecule has 112 valence electrons. The predicted octanol–water partition coefficient (Wildman–Crippen LogP) is 5.16. The standard InChI is InChI=1S/C16H16BrF2NS/c1-2-11(20)7-10-3-6-16(13(17)8-10)21-12-4-5-14(18)15(19)9-12/h3-6,8-9,11H,2,7,20H2,1H3. The van der Waals surface area contributed by atoms with Crippen LogP contribution < -0.4 is 5.73 Å². The molecule has 1 nitrogen and oxygen atoms in total. The first-order valence-electron chi connectivity index (χ1n) is 6.66. The lowest BCUT2D eigenvalue weighted by Crippen LogP contribution is -2.21. The lowest BCUT2D eigenvalue weighted by Gasteiger charge is -2.11. The summed E-state index contributed by atoms with van der Waals surface area (Å²) in [5.74, 6) is -1.66. The summed E-state index contributed by atoms with van der Waals surface area (Å²) < 4.78 is 27.1. The van der Waals surface area contributed by atoms with E-state index in [1.165, 1.54) is 17.8 Å². The molecule has 0 aromatic heterocycles. The van der Waals surface area contributed by atoms with Gasteiger partial charge in [0.25, 0.3) is 0 Å². The summed E-state index contributed by atoms with van der Waals surface area (Å²) in [5.41, 5.74) is 7.11. The number of rotatable bonds is 5. The van der Waals surface area contributed by atoms with E-state index in [4.69, 9.17) is 5.73 Å². The topological polar surface area (TPSA) is 26.0 Å². The van der Waals surface area contributed by atoms with Crippen LogP contribution in [0.1, 0.15) is 18.9 Å². The molecule has 2 rings (SSSR count). The maximum Gasteiger partial charge on any atom is 0.159 e. The first-order valence-corrected chi connectivity index (χ1v) is 8.27. The summed E-state index contributed by atoms with van der Waals surface area (Å²) in [4.78, 5) is 1.61. The van der Waals surface area contributed by atoms with Gasteiger partial charge in [0.05, 0.1) is 0 Å². The van der Waals surface area contributed by atoms with Crippen molar-refractivity contribution in [2.24, 2.45) is 5.73 Å². The molecule has 1 atom stereocenters. The van der Waals surface area contributed by atoms with Crippen LogP contribution in [0.3, 0.4) is 0 Å². The molecule has 0 aliphatic carbocycles. The lowest BCUT2D eigenvalue weighted by atomic mass is 10.1. The summed E-state index contributed by atoms with van der Waals surface area (Å²) in [6.45, 7) is 2.06. The van der Waals surface area contributed by atoms with E-state index in [0.29, 0.717) is 4.90 Å². The Bertz CT molecular complexity index is 634. The minimum atomic E-state index is -0.832. The smallest absolute Gasteiger partial charge is 0.159 e. The Kier molecular flexibility index (Phi) is 5.79. The van der Waals surface area contributed by atoms with Crippen LogP contribution in [0.25, 0.3) is 0 Å². The molecule has 2 N–H and O–H groups in total. The van der Waals surface area contributed by atoms with Gasteiger partial charge in [-0.1, -0.05) is 24.8 Å². The van der Waals surface area contributed by atoms with Gasteiger partial charge in [-0.15, -0.1) is 0 Å². The second-order valence-corrected chi connectivity index (χ2v) is 6.78. The van der Waals surface area contributed by atoms with Gasteiger partial charge in [0.15, 0.2) is 11.6 Å². The number of hydrogen-bond acceptors (Lipinski definition) is 2. The summed E-state index contributed by atoms with van der Waals surface area (Å²) in [7, 11) is 0. The van der Waals surface area contributed by atoms with Crippen molar-refractivity contribution in [3.05, 3.63) is 58.1 Å². The van der Waals surface area contributed by atoms with Crippen molar-refractivity contribution in [3.63, 3.8) is 0 Å². The highest BCUT2D eigenvalue weighted by atomic mass is 79.9. The SMILES string of the molecule is CCC(N)Cc1ccc(Sc2ccc(F)c(F)c2)c(Br)c1. The van der Waals surface area contributed by atoms with Gasteiger partial charge in [0.2, 0.25) is 0 Å². The van der Waals surface area contributed by atoms with Gasteiger partial charge in [0.1, 0.15) is 0 Å². The second kappa shape index (κ2) is 7.38. The molecular weight excluding hydrogens is 356 g/mol. The van der Waals surface area contributed by atoms with E-state index < -0.39 is 11.6 Å². The zero-order valence-corrected chi connectivity index (χ0v) is 14.0. The quantitative estimate of drug-likeness (QED) is 0.785. The van der Waals surface area contributed by atoms with E-state index in [-0.39, 0.29) is 6.04 Å². The van der Waals surface area contributed by atoms with Crippen LogP contribution >= 0.6 is 27.7 Å². The Balaban J connectivity index is 2.15. The molecule has 0 fully saturated rings. The zero-order chi connectivity index (χ0) is 15.4. The average Bonchev–Trinajstić information content (AvgIpc) is 2.45. The van der Waals surface area contributed by atoms with Crippen molar-refractivity contribution in [1.82, 2.24) is 0 Å². The monoisotopic (exact) mass is 371 g/mol. The van der Waals surface area contributed by atoms with E-state index in [9.17, 15) is 8.78 Å². The van der Waals surface area contributed by atoms with Crippen LogP contribution in [-0.4, -0.2) is 6.04 Å². The van der Waals surface area contributed by atoms with Gasteiger partial charge in [-0.05, 0) is 64.7 Å². The Morgan fingerprint density at radius 3 is 2.52 bits per heavy atom. The van der Waals surface area contributed by atoms with Crippen LogP contribution in [-0.2, 0) is 6.42 Å². The molecule has 21 heavy (non-hydrogen) atoms. The van der Waals surface area contributed by atoms with E-state index in [0.717, 1.165) is 33.8 Å². The van der Waals surface area contributed by atoms with Crippen molar-refractivity contribution in [2.45, 2.75) is 35.6 Å². The minimum absolute atomic E-state index is 0.154. The molecule has 5 heteroatoms. The fourth-order valence-corrected chi connectivity index (χ4v) is 3.38. The summed E-state index contributed by atoms with van der Waals surface area (Å²) in [6.07, 6.45) is 1.76. The molecule has 0 aliphatic heterocycles. The highest BCUT2D eigenvalue weighted by molar-refractivity contribution is 9.10. The van der Waals surface area contributed by atoms with E-state index in [1.807, 2.05) is 18.2 Å². The molecule has 0 bridgehead atoms. The average molecular weight is 372 g/mol. The molecule has 2 aromatic carbocycles. The Morgan fingerprint density at radius 1 is 1.14 bits per heavy atom. The molecular formula is C16H16BrF2NS. The van der Waals surface area contributed by atoms with E-state index in [1.54, 1.807) is 6.07 Å². The molecule has 2 aromatic rings. The molecule has 1 unspecified atom stereocenters. The van der Waals surface area contributed by atoms with E-state index >= 15 is 0 Å². The van der Waals surface area contributed by atoms with Crippen LogP contribution in [0.15, 0.2) is 50.7 Å². The maximum absolute atomic E-state index is 13.2. The van der Waals surface area contributed by atoms with Crippen molar-refractivity contribution in [1.29, 1.82) is 0 Å². The molecule has 0 radical (unpaired) electrons. The summed E-state index contributed by atoms with van der Waals surface area (Å²) >= 11 is 4.91. The normalized spacial score (nSPS) is 12.4. The zero-order valence-electron chi connectivity index (χ0n) is 11.6. The first-order chi connectivity index (χ1) is 9.99. The summed E-state index contributed by atoms with van der Waals surface area (Å²) in [5, 5.41) is 0. The largest absolute Gasteiger partial charge is 0.327 e. The Labute approximate surface area is 136 Å². The number of nitrogens with two attached hydrogens (primary N) is 1. The highest BCUT2D eigenvalue weighted by Crippen LogP contribution is 2.34. The molecule has 0 amide bonds. The Hall–Kier alpha value is -0.910. The third kappa shape index (κ3) is 4.53. The van der Waals surface area contributed by atoms with Crippen LogP contribution in [0.2, 0.25) is 0 Å². The van der Waals surface area contributed by atoms with Crippen molar-refractivity contribution in [2.75, 3.05) is 0 Å². The van der Waals surface area contributed by atoms with Gasteiger partial charge < -0.3 is 5.73 Å². The lowest BCUT2D eigenvalue weighted by molar-refractivity contribution is 0.506. The number of halogens is 3. The van der Waals surface area contributed by atoms with Gasteiger partial charge in [-0.25, -0.2) is 8.78 Å². The van der Waals surface area contributed by atoms with Crippen LogP contribution in [0.4, 0.5) is 8.78 Å². The minimum Gasteiger partial charge on any atom is -0.327 e. The molecule has 0 heterocycles. The van der Waals surface area contributed by atoms with Gasteiger partial charge >= 0.3 is 0 Å². The second-order valence-electron chi connectivity index (χ2n) is 4.82. The maximum atomic E-state index is 13.2. The summed E-state index contributed by atoms with van der Waals surface area (Å²) in [6, 6.07) is 10.1. The third-order valence-electron chi connectivity index (χ3n) is 3.14. The van der Waals surface area contributed by atoms with Crippen LogP contribution in [0.5, 0.6) is 0 Å². The Morgan fingerprint density at radius 2 is 1.90 bits per heavy atom. The predicted molar refractivity (Wildman–Crippen MR) is 86.6 cm³/mol. The molecule has 0 spiro atoms. The van der Waals surface area contributed by atoms with Crippen molar-refractivity contribution in [3.8, 4) is 0 Å². The van der Waals surface area contributed by atoms with Gasteiger partial charge in [0, 0.05) is 20.3 Å². The molecule has 0 saturated heterocycles. The number of benzene rings is 2. The fraction of sp³-hybridized carbons (Fsp3) is 0.250. The molecule has 0 aliphatic rings.